The van der Waals surface area contributed by atoms with Gasteiger partial charge in [-0.1, -0.05) is 23.9 Å². The maximum absolute atomic E-state index is 12.5. The van der Waals surface area contributed by atoms with Gasteiger partial charge in [0.15, 0.2) is 5.16 Å². The number of aromatic nitrogens is 2. The molecule has 0 saturated heterocycles. The second-order valence-corrected chi connectivity index (χ2v) is 7.60. The number of benzene rings is 2. The number of thioether (sulfide) groups is 1. The molecule has 3 rings (SSSR count). The third kappa shape index (κ3) is 4.39. The first-order chi connectivity index (χ1) is 13.0. The Hall–Kier alpha value is -3.04. The number of nitrogens with one attached hydrogen (secondary N) is 1. The summed E-state index contributed by atoms with van der Waals surface area (Å²) in [5.41, 5.74) is 4.59. The average molecular weight is 376 g/mol. The van der Waals surface area contributed by atoms with Gasteiger partial charge in [-0.05, 0) is 62.2 Å². The van der Waals surface area contributed by atoms with E-state index in [1.807, 2.05) is 23.8 Å². The number of imidazole rings is 1. The van der Waals surface area contributed by atoms with E-state index in [2.05, 4.69) is 42.4 Å². The van der Waals surface area contributed by atoms with Crippen LogP contribution in [0.15, 0.2) is 60.0 Å². The zero-order chi connectivity index (χ0) is 19.4. The number of anilines is 1. The first-order valence-corrected chi connectivity index (χ1v) is 9.44. The molecule has 0 fully saturated rings. The van der Waals surface area contributed by atoms with Crippen molar-refractivity contribution in [2.75, 3.05) is 5.32 Å². The fourth-order valence-electron chi connectivity index (χ4n) is 2.57. The number of aryl methyl sites for hydroxylation is 2. The minimum Gasteiger partial charge on any atom is -0.325 e. The second kappa shape index (κ2) is 8.11. The Bertz CT molecular complexity index is 1020. The smallest absolute Gasteiger partial charge is 0.237 e. The molecule has 1 heterocycles. The summed E-state index contributed by atoms with van der Waals surface area (Å²) in [6.45, 7) is 6.00. The summed E-state index contributed by atoms with van der Waals surface area (Å²) in [6, 6.07) is 15.2. The largest absolute Gasteiger partial charge is 0.325 e. The molecule has 6 heteroatoms. The van der Waals surface area contributed by atoms with Crippen molar-refractivity contribution in [2.45, 2.75) is 31.2 Å². The number of amides is 1. The van der Waals surface area contributed by atoms with Crippen molar-refractivity contribution >= 4 is 23.4 Å². The topological polar surface area (TPSA) is 70.7 Å². The van der Waals surface area contributed by atoms with E-state index in [1.54, 1.807) is 30.5 Å². The molecule has 1 atom stereocenters. The van der Waals surface area contributed by atoms with Gasteiger partial charge in [-0.2, -0.15) is 5.26 Å². The highest BCUT2D eigenvalue weighted by molar-refractivity contribution is 8.00. The molecule has 136 valence electrons. The van der Waals surface area contributed by atoms with Crippen LogP contribution in [-0.4, -0.2) is 20.7 Å². The monoisotopic (exact) mass is 376 g/mol. The van der Waals surface area contributed by atoms with Gasteiger partial charge in [0.1, 0.15) is 0 Å². The highest BCUT2D eigenvalue weighted by Crippen LogP contribution is 2.26. The molecule has 0 spiro atoms. The summed E-state index contributed by atoms with van der Waals surface area (Å²) in [6.07, 6.45) is 3.63. The molecule has 0 bridgehead atoms. The van der Waals surface area contributed by atoms with E-state index < -0.39 is 0 Å². The SMILES string of the molecule is Cc1ccc(-n2ccnc2SC(C)C(=O)Nc2cccc(C#N)c2)cc1C. The van der Waals surface area contributed by atoms with E-state index in [4.69, 9.17) is 5.26 Å². The van der Waals surface area contributed by atoms with Crippen LogP contribution in [0, 0.1) is 25.2 Å². The van der Waals surface area contributed by atoms with Crippen molar-refractivity contribution in [1.82, 2.24) is 9.55 Å². The summed E-state index contributed by atoms with van der Waals surface area (Å²) < 4.78 is 1.98. The van der Waals surface area contributed by atoms with E-state index in [0.29, 0.717) is 11.3 Å². The average Bonchev–Trinajstić information content (AvgIpc) is 3.12. The van der Waals surface area contributed by atoms with Crippen molar-refractivity contribution in [3.63, 3.8) is 0 Å². The van der Waals surface area contributed by atoms with Crippen LogP contribution in [0.25, 0.3) is 5.69 Å². The van der Waals surface area contributed by atoms with Gasteiger partial charge in [-0.3, -0.25) is 9.36 Å². The number of rotatable bonds is 5. The van der Waals surface area contributed by atoms with Crippen LogP contribution in [-0.2, 0) is 4.79 Å². The standard InChI is InChI=1S/C21H20N4OS/c1-14-7-8-19(11-15(14)2)25-10-9-23-21(25)27-16(3)20(26)24-18-6-4-5-17(12-18)13-22/h4-12,16H,1-3H3,(H,24,26). The fraction of sp³-hybridized carbons (Fsp3) is 0.190. The van der Waals surface area contributed by atoms with Crippen LogP contribution >= 0.6 is 11.8 Å². The van der Waals surface area contributed by atoms with Gasteiger partial charge in [0.2, 0.25) is 5.91 Å². The number of carbonyl (C=O) groups excluding carboxylic acids is 1. The Labute approximate surface area is 163 Å². The predicted molar refractivity (Wildman–Crippen MR) is 108 cm³/mol. The van der Waals surface area contributed by atoms with Gasteiger partial charge in [0.05, 0.1) is 16.9 Å². The number of hydrogen-bond donors (Lipinski definition) is 1. The Morgan fingerprint density at radius 3 is 2.78 bits per heavy atom. The second-order valence-electron chi connectivity index (χ2n) is 6.29. The third-order valence-corrected chi connectivity index (χ3v) is 5.37. The van der Waals surface area contributed by atoms with E-state index in [9.17, 15) is 4.79 Å². The molecule has 1 unspecified atom stereocenters. The summed E-state index contributed by atoms with van der Waals surface area (Å²) in [4.78, 5) is 16.9. The molecule has 0 saturated carbocycles. The maximum atomic E-state index is 12.5. The molecule has 1 aromatic heterocycles. The number of nitriles is 1. The molecule has 0 aliphatic heterocycles. The van der Waals surface area contributed by atoms with E-state index >= 15 is 0 Å². The summed E-state index contributed by atoms with van der Waals surface area (Å²) in [7, 11) is 0. The Balaban J connectivity index is 1.73. The summed E-state index contributed by atoms with van der Waals surface area (Å²) in [5, 5.41) is 12.2. The van der Waals surface area contributed by atoms with E-state index in [1.165, 1.54) is 22.9 Å². The van der Waals surface area contributed by atoms with Crippen LogP contribution in [0.2, 0.25) is 0 Å². The van der Waals surface area contributed by atoms with Gasteiger partial charge < -0.3 is 5.32 Å². The lowest BCUT2D eigenvalue weighted by molar-refractivity contribution is -0.115. The van der Waals surface area contributed by atoms with Crippen LogP contribution in [0.4, 0.5) is 5.69 Å². The first kappa shape index (κ1) is 18.7. The van der Waals surface area contributed by atoms with Gasteiger partial charge in [-0.15, -0.1) is 0 Å². The van der Waals surface area contributed by atoms with Crippen LogP contribution in [0.3, 0.4) is 0 Å². The lowest BCUT2D eigenvalue weighted by atomic mass is 10.1. The minimum absolute atomic E-state index is 0.135. The molecule has 1 amide bonds. The van der Waals surface area contributed by atoms with Crippen molar-refractivity contribution in [1.29, 1.82) is 5.26 Å². The molecule has 3 aromatic rings. The van der Waals surface area contributed by atoms with Crippen LogP contribution in [0.1, 0.15) is 23.6 Å². The van der Waals surface area contributed by atoms with Crippen LogP contribution < -0.4 is 5.32 Å². The number of nitrogens with zero attached hydrogens (tertiary/aromatic N) is 3. The Morgan fingerprint density at radius 2 is 2.04 bits per heavy atom. The summed E-state index contributed by atoms with van der Waals surface area (Å²) >= 11 is 1.39. The molecule has 0 aliphatic rings. The highest BCUT2D eigenvalue weighted by atomic mass is 32.2. The Morgan fingerprint density at radius 1 is 1.22 bits per heavy atom. The molecular formula is C21H20N4OS. The number of hydrogen-bond acceptors (Lipinski definition) is 4. The van der Waals surface area contributed by atoms with Gasteiger partial charge in [-0.25, -0.2) is 4.98 Å². The number of carbonyl (C=O) groups is 1. The lowest BCUT2D eigenvalue weighted by Gasteiger charge is -2.14. The lowest BCUT2D eigenvalue weighted by Crippen LogP contribution is -2.22. The van der Waals surface area contributed by atoms with Gasteiger partial charge in [0, 0.05) is 23.8 Å². The van der Waals surface area contributed by atoms with Crippen molar-refractivity contribution < 1.29 is 4.79 Å². The molecule has 2 aromatic carbocycles. The zero-order valence-electron chi connectivity index (χ0n) is 15.4. The zero-order valence-corrected chi connectivity index (χ0v) is 16.2. The van der Waals surface area contributed by atoms with Crippen molar-refractivity contribution in [3.8, 4) is 11.8 Å². The quantitative estimate of drug-likeness (QED) is 0.667. The molecule has 0 aliphatic carbocycles. The van der Waals surface area contributed by atoms with Gasteiger partial charge >= 0.3 is 0 Å². The van der Waals surface area contributed by atoms with E-state index in [-0.39, 0.29) is 11.2 Å². The van der Waals surface area contributed by atoms with E-state index in [0.717, 1.165) is 10.8 Å². The molecular weight excluding hydrogens is 356 g/mol. The van der Waals surface area contributed by atoms with Gasteiger partial charge in [0.25, 0.3) is 0 Å². The highest BCUT2D eigenvalue weighted by Gasteiger charge is 2.18. The molecule has 0 radical (unpaired) electrons. The fourth-order valence-corrected chi connectivity index (χ4v) is 3.45. The first-order valence-electron chi connectivity index (χ1n) is 8.56. The predicted octanol–water partition coefficient (Wildman–Crippen LogP) is 4.48. The third-order valence-electron chi connectivity index (χ3n) is 4.29. The van der Waals surface area contributed by atoms with Crippen LogP contribution in [0.5, 0.6) is 0 Å². The maximum Gasteiger partial charge on any atom is 0.237 e. The molecule has 27 heavy (non-hydrogen) atoms. The summed E-state index contributed by atoms with van der Waals surface area (Å²) in [5.74, 6) is -0.135. The minimum atomic E-state index is -0.344. The normalized spacial score (nSPS) is 11.6. The molecule has 1 N–H and O–H groups in total. The molecule has 5 nitrogen and oxygen atoms in total. The Kier molecular flexibility index (Phi) is 5.63. The van der Waals surface area contributed by atoms with Crippen molar-refractivity contribution in [3.05, 3.63) is 71.5 Å². The van der Waals surface area contributed by atoms with Crippen molar-refractivity contribution in [2.24, 2.45) is 0 Å².